The van der Waals surface area contributed by atoms with Crippen molar-refractivity contribution in [1.82, 2.24) is 0 Å². The van der Waals surface area contributed by atoms with Gasteiger partial charge in [-0.05, 0) is 55.0 Å². The highest BCUT2D eigenvalue weighted by Crippen LogP contribution is 2.32. The average Bonchev–Trinajstić information content (AvgIpc) is 2.67. The summed E-state index contributed by atoms with van der Waals surface area (Å²) in [5.74, 6) is -0.613. The molecule has 0 heterocycles. The number of halogens is 1. The fourth-order valence-electron chi connectivity index (χ4n) is 3.28. The molecule has 1 aliphatic carbocycles. The van der Waals surface area contributed by atoms with Gasteiger partial charge in [-0.25, -0.2) is 9.18 Å². The lowest BCUT2D eigenvalue weighted by Gasteiger charge is -2.23. The van der Waals surface area contributed by atoms with Crippen molar-refractivity contribution in [2.45, 2.75) is 38.2 Å². The quantitative estimate of drug-likeness (QED) is 0.581. The number of esters is 1. The number of hydrogen-bond donors (Lipinski definition) is 1. The zero-order valence-corrected chi connectivity index (χ0v) is 15.3. The van der Waals surface area contributed by atoms with E-state index in [1.54, 1.807) is 30.4 Å². The van der Waals surface area contributed by atoms with Gasteiger partial charge < -0.3 is 14.6 Å². The maximum absolute atomic E-state index is 13.1. The summed E-state index contributed by atoms with van der Waals surface area (Å²) in [6.07, 6.45) is 9.01. The van der Waals surface area contributed by atoms with Crippen molar-refractivity contribution in [2.24, 2.45) is 0 Å². The summed E-state index contributed by atoms with van der Waals surface area (Å²) in [6, 6.07) is 9.16. The van der Waals surface area contributed by atoms with Crippen LogP contribution in [0.1, 0.15) is 53.6 Å². The normalized spacial score (nSPS) is 15.0. The first-order valence-electron chi connectivity index (χ1n) is 9.12. The fourth-order valence-corrected chi connectivity index (χ4v) is 3.28. The van der Waals surface area contributed by atoms with Crippen LogP contribution in [0.25, 0.3) is 12.2 Å². The summed E-state index contributed by atoms with van der Waals surface area (Å²) >= 11 is 0. The van der Waals surface area contributed by atoms with Gasteiger partial charge in [-0.1, -0.05) is 30.7 Å². The Labute approximate surface area is 158 Å². The van der Waals surface area contributed by atoms with E-state index in [0.717, 1.165) is 31.2 Å². The lowest BCUT2D eigenvalue weighted by Crippen LogP contribution is -2.19. The second kappa shape index (κ2) is 8.71. The molecular weight excluding hydrogens is 347 g/mol. The van der Waals surface area contributed by atoms with Crippen LogP contribution in [0.5, 0.6) is 11.5 Å². The van der Waals surface area contributed by atoms with Crippen LogP contribution in [0.2, 0.25) is 0 Å². The zero-order chi connectivity index (χ0) is 19.2. The van der Waals surface area contributed by atoms with Crippen LogP contribution in [0.4, 0.5) is 4.39 Å². The number of benzene rings is 2. The van der Waals surface area contributed by atoms with Crippen LogP contribution in [0.3, 0.4) is 0 Å². The number of carbonyl (C=O) groups excluding carboxylic acids is 1. The topological polar surface area (TPSA) is 55.8 Å². The molecular formula is C22H23FO4. The number of carbonyl (C=O) groups is 1. The van der Waals surface area contributed by atoms with Crippen LogP contribution in [-0.4, -0.2) is 24.3 Å². The molecule has 2 aromatic rings. The molecule has 0 atom stereocenters. The first-order valence-corrected chi connectivity index (χ1v) is 9.12. The van der Waals surface area contributed by atoms with Crippen LogP contribution in [-0.2, 0) is 4.74 Å². The maximum atomic E-state index is 13.1. The third-order valence-electron chi connectivity index (χ3n) is 4.69. The van der Waals surface area contributed by atoms with Crippen LogP contribution < -0.4 is 4.74 Å². The number of phenolic OH excluding ortho intramolecular Hbond substituents is 1. The number of methoxy groups -OCH3 is 1. The van der Waals surface area contributed by atoms with E-state index in [-0.39, 0.29) is 23.2 Å². The fraction of sp³-hybridized carbons (Fsp3) is 0.318. The highest BCUT2D eigenvalue weighted by molar-refractivity contribution is 5.98. The largest absolute Gasteiger partial charge is 0.507 e. The summed E-state index contributed by atoms with van der Waals surface area (Å²) < 4.78 is 23.9. The van der Waals surface area contributed by atoms with E-state index in [9.17, 15) is 14.3 Å². The van der Waals surface area contributed by atoms with Crippen molar-refractivity contribution >= 4 is 18.1 Å². The van der Waals surface area contributed by atoms with E-state index in [2.05, 4.69) is 0 Å². The number of hydrogen-bond acceptors (Lipinski definition) is 4. The Morgan fingerprint density at radius 2 is 1.81 bits per heavy atom. The Bertz CT molecular complexity index is 821. The number of phenols is 1. The molecule has 1 fully saturated rings. The van der Waals surface area contributed by atoms with Gasteiger partial charge in [0.15, 0.2) is 0 Å². The minimum atomic E-state index is -0.629. The molecule has 0 radical (unpaired) electrons. The van der Waals surface area contributed by atoms with Crippen molar-refractivity contribution < 1.29 is 23.8 Å². The second-order valence-corrected chi connectivity index (χ2v) is 6.66. The Morgan fingerprint density at radius 1 is 1.11 bits per heavy atom. The first-order chi connectivity index (χ1) is 13.1. The minimum Gasteiger partial charge on any atom is -0.507 e. The summed E-state index contributed by atoms with van der Waals surface area (Å²) in [7, 11) is 1.27. The lowest BCUT2D eigenvalue weighted by molar-refractivity contribution is 0.0597. The van der Waals surface area contributed by atoms with Crippen molar-refractivity contribution in [3.63, 3.8) is 0 Å². The van der Waals surface area contributed by atoms with E-state index in [1.165, 1.54) is 31.7 Å². The molecule has 3 rings (SSSR count). The van der Waals surface area contributed by atoms with Crippen LogP contribution >= 0.6 is 0 Å². The molecule has 0 aromatic heterocycles. The Balaban J connectivity index is 1.92. The van der Waals surface area contributed by atoms with Gasteiger partial charge in [0.1, 0.15) is 22.9 Å². The summed E-state index contributed by atoms with van der Waals surface area (Å²) in [4.78, 5) is 12.1. The van der Waals surface area contributed by atoms with Crippen molar-refractivity contribution in [3.8, 4) is 11.5 Å². The third-order valence-corrected chi connectivity index (χ3v) is 4.69. The molecule has 0 bridgehead atoms. The Kier molecular flexibility index (Phi) is 6.12. The molecule has 0 aliphatic heterocycles. The molecule has 0 unspecified atom stereocenters. The van der Waals surface area contributed by atoms with Gasteiger partial charge in [-0.15, -0.1) is 0 Å². The van der Waals surface area contributed by atoms with Gasteiger partial charge in [0, 0.05) is 6.07 Å². The Morgan fingerprint density at radius 3 is 2.48 bits per heavy atom. The molecule has 142 valence electrons. The van der Waals surface area contributed by atoms with Gasteiger partial charge in [-0.2, -0.15) is 0 Å². The molecule has 1 saturated carbocycles. The third kappa shape index (κ3) is 4.88. The second-order valence-electron chi connectivity index (χ2n) is 6.66. The molecule has 27 heavy (non-hydrogen) atoms. The van der Waals surface area contributed by atoms with Gasteiger partial charge in [0.2, 0.25) is 0 Å². The smallest absolute Gasteiger partial charge is 0.342 e. The monoisotopic (exact) mass is 370 g/mol. The molecule has 1 N–H and O–H groups in total. The predicted octanol–water partition coefficient (Wildman–Crippen LogP) is 5.20. The molecule has 2 aromatic carbocycles. The van der Waals surface area contributed by atoms with Crippen LogP contribution in [0.15, 0.2) is 36.4 Å². The van der Waals surface area contributed by atoms with Gasteiger partial charge in [0.25, 0.3) is 0 Å². The Hall–Kier alpha value is -2.82. The van der Waals surface area contributed by atoms with Gasteiger partial charge in [0.05, 0.1) is 13.2 Å². The van der Waals surface area contributed by atoms with Crippen molar-refractivity contribution in [3.05, 3.63) is 58.9 Å². The average molecular weight is 370 g/mol. The summed E-state index contributed by atoms with van der Waals surface area (Å²) in [5, 5.41) is 10.4. The maximum Gasteiger partial charge on any atom is 0.342 e. The summed E-state index contributed by atoms with van der Waals surface area (Å²) in [6.45, 7) is 0. The SMILES string of the molecule is COC(=O)c1c(O)cc(OC2CCCCC2)cc1C=Cc1ccc(F)cc1. The molecule has 4 nitrogen and oxygen atoms in total. The van der Waals surface area contributed by atoms with E-state index in [4.69, 9.17) is 9.47 Å². The predicted molar refractivity (Wildman–Crippen MR) is 102 cm³/mol. The standard InChI is InChI=1S/C22H23FO4/c1-26-22(25)21-16(10-7-15-8-11-17(23)12-9-15)13-19(14-20(21)24)27-18-5-3-2-4-6-18/h7-14,18,24H,2-6H2,1H3. The van der Waals surface area contributed by atoms with Gasteiger partial charge in [-0.3, -0.25) is 0 Å². The van der Waals surface area contributed by atoms with E-state index in [0.29, 0.717) is 11.3 Å². The number of rotatable bonds is 5. The molecule has 1 aliphatic rings. The van der Waals surface area contributed by atoms with Gasteiger partial charge >= 0.3 is 5.97 Å². The van der Waals surface area contributed by atoms with E-state index < -0.39 is 5.97 Å². The number of ether oxygens (including phenoxy) is 2. The van der Waals surface area contributed by atoms with E-state index >= 15 is 0 Å². The molecule has 0 spiro atoms. The lowest BCUT2D eigenvalue weighted by atomic mass is 9.97. The minimum absolute atomic E-state index is 0.0758. The highest BCUT2D eigenvalue weighted by atomic mass is 19.1. The molecule has 0 amide bonds. The van der Waals surface area contributed by atoms with Crippen LogP contribution in [0, 0.1) is 5.82 Å². The first kappa shape index (κ1) is 19.0. The molecule has 0 saturated heterocycles. The van der Waals surface area contributed by atoms with Crippen molar-refractivity contribution in [2.75, 3.05) is 7.11 Å². The highest BCUT2D eigenvalue weighted by Gasteiger charge is 2.20. The molecule has 5 heteroatoms. The number of aromatic hydroxyl groups is 1. The van der Waals surface area contributed by atoms with Crippen molar-refractivity contribution in [1.29, 1.82) is 0 Å². The van der Waals surface area contributed by atoms with E-state index in [1.807, 2.05) is 0 Å². The zero-order valence-electron chi connectivity index (χ0n) is 15.3. The summed E-state index contributed by atoms with van der Waals surface area (Å²) in [5.41, 5.74) is 1.33.